The van der Waals surface area contributed by atoms with Gasteiger partial charge in [0, 0.05) is 19.3 Å². The first-order valence-electron chi connectivity index (χ1n) is 7.17. The van der Waals surface area contributed by atoms with Crippen LogP contribution < -0.4 is 0 Å². The van der Waals surface area contributed by atoms with Gasteiger partial charge in [0.2, 0.25) is 10.0 Å². The van der Waals surface area contributed by atoms with Gasteiger partial charge < -0.3 is 0 Å². The molecule has 0 radical (unpaired) electrons. The number of halogens is 2. The van der Waals surface area contributed by atoms with Crippen LogP contribution in [0.15, 0.2) is 52.3 Å². The van der Waals surface area contributed by atoms with Crippen LogP contribution in [0.3, 0.4) is 0 Å². The lowest BCUT2D eigenvalue weighted by Gasteiger charge is -2.25. The molecule has 0 amide bonds. The van der Waals surface area contributed by atoms with Gasteiger partial charge >= 0.3 is 0 Å². The predicted molar refractivity (Wildman–Crippen MR) is 94.3 cm³/mol. The first-order valence-corrected chi connectivity index (χ1v) is 10.9. The topological polar surface area (TPSA) is 71.5 Å². The van der Waals surface area contributed by atoms with Crippen molar-refractivity contribution < 1.29 is 21.2 Å². The molecule has 0 aromatic heterocycles. The summed E-state index contributed by atoms with van der Waals surface area (Å²) in [6.07, 6.45) is 1.10. The lowest BCUT2D eigenvalue weighted by molar-refractivity contribution is 0.398. The van der Waals surface area contributed by atoms with Crippen LogP contribution in [0.4, 0.5) is 4.39 Å². The maximum Gasteiger partial charge on any atom is 0.244 e. The molecule has 9 heteroatoms. The fourth-order valence-electron chi connectivity index (χ4n) is 2.25. The van der Waals surface area contributed by atoms with Crippen molar-refractivity contribution in [2.45, 2.75) is 22.8 Å². The molecule has 2 aromatic rings. The van der Waals surface area contributed by atoms with Crippen LogP contribution in [-0.4, -0.2) is 34.4 Å². The van der Waals surface area contributed by atoms with Gasteiger partial charge in [0.1, 0.15) is 10.7 Å². The van der Waals surface area contributed by atoms with E-state index in [4.69, 9.17) is 11.6 Å². The third kappa shape index (κ3) is 4.20. The molecule has 0 unspecified atom stereocenters. The van der Waals surface area contributed by atoms with Crippen LogP contribution >= 0.6 is 11.6 Å². The Kier molecular flexibility index (Phi) is 5.58. The minimum atomic E-state index is -3.96. The molecule has 0 N–H and O–H groups in total. The fraction of sp³-hybridized carbons (Fsp3) is 0.250. The maximum absolute atomic E-state index is 13.2. The normalized spacial score (nSPS) is 13.8. The molecule has 0 saturated heterocycles. The van der Waals surface area contributed by atoms with E-state index in [1.807, 2.05) is 0 Å². The highest BCUT2D eigenvalue weighted by Gasteiger charge is 2.28. The van der Waals surface area contributed by atoms with Gasteiger partial charge in [-0.2, -0.15) is 4.31 Å². The molecule has 0 spiro atoms. The maximum atomic E-state index is 13.2. The standard InChI is InChI=1S/C16H17ClFNO4S2/c1-11(12-4-7-14(8-5-12)24(3,20)21)19(2)25(22,23)16-9-6-13(18)10-15(16)17/h4-11H,1-3H3/t11-/m0/s1. The second-order valence-corrected chi connectivity index (χ2v) is 10.0. The summed E-state index contributed by atoms with van der Waals surface area (Å²) in [5.74, 6) is -0.629. The summed E-state index contributed by atoms with van der Waals surface area (Å²) >= 11 is 5.87. The second kappa shape index (κ2) is 7.03. The first kappa shape index (κ1) is 19.8. The van der Waals surface area contributed by atoms with E-state index in [2.05, 4.69) is 0 Å². The van der Waals surface area contributed by atoms with Gasteiger partial charge in [-0.25, -0.2) is 21.2 Å². The summed E-state index contributed by atoms with van der Waals surface area (Å²) in [6.45, 7) is 1.66. The third-order valence-electron chi connectivity index (χ3n) is 3.89. The number of sulfone groups is 1. The van der Waals surface area contributed by atoms with Gasteiger partial charge in [0.25, 0.3) is 0 Å². The molecular weight excluding hydrogens is 389 g/mol. The number of rotatable bonds is 5. The lowest BCUT2D eigenvalue weighted by atomic mass is 10.1. The Labute approximate surface area is 152 Å². The third-order valence-corrected chi connectivity index (χ3v) is 7.43. The van der Waals surface area contributed by atoms with E-state index >= 15 is 0 Å². The summed E-state index contributed by atoms with van der Waals surface area (Å²) in [5.41, 5.74) is 0.608. The Bertz CT molecular complexity index is 989. The SMILES string of the molecule is C[C@@H](c1ccc(S(C)(=O)=O)cc1)N(C)S(=O)(=O)c1ccc(F)cc1Cl. The van der Waals surface area contributed by atoms with Crippen LogP contribution in [0, 0.1) is 5.82 Å². The molecule has 25 heavy (non-hydrogen) atoms. The molecule has 0 aliphatic rings. The van der Waals surface area contributed by atoms with E-state index in [1.165, 1.54) is 19.2 Å². The number of hydrogen-bond acceptors (Lipinski definition) is 4. The molecular formula is C16H17ClFNO4S2. The molecule has 0 heterocycles. The average molecular weight is 406 g/mol. The monoisotopic (exact) mass is 405 g/mol. The Morgan fingerprint density at radius 2 is 1.60 bits per heavy atom. The second-order valence-electron chi connectivity index (χ2n) is 5.61. The van der Waals surface area contributed by atoms with E-state index in [0.29, 0.717) is 5.56 Å². The Balaban J connectivity index is 2.37. The minimum absolute atomic E-state index is 0.149. The molecule has 2 rings (SSSR count). The zero-order valence-corrected chi connectivity index (χ0v) is 16.2. The Morgan fingerprint density at radius 3 is 2.08 bits per heavy atom. The van der Waals surface area contributed by atoms with Gasteiger partial charge in [-0.3, -0.25) is 0 Å². The number of benzene rings is 2. The lowest BCUT2D eigenvalue weighted by Crippen LogP contribution is -2.30. The van der Waals surface area contributed by atoms with E-state index in [0.717, 1.165) is 28.8 Å². The van der Waals surface area contributed by atoms with Gasteiger partial charge in [-0.15, -0.1) is 0 Å². The van der Waals surface area contributed by atoms with Crippen molar-refractivity contribution in [1.82, 2.24) is 4.31 Å². The van der Waals surface area contributed by atoms with E-state index in [1.54, 1.807) is 19.1 Å². The summed E-state index contributed by atoms with van der Waals surface area (Å²) in [5, 5.41) is -0.202. The molecule has 0 aliphatic carbocycles. The summed E-state index contributed by atoms with van der Waals surface area (Å²) < 4.78 is 62.7. The van der Waals surface area contributed by atoms with E-state index < -0.39 is 31.7 Å². The van der Waals surface area contributed by atoms with Crippen LogP contribution in [0.1, 0.15) is 18.5 Å². The van der Waals surface area contributed by atoms with E-state index in [9.17, 15) is 21.2 Å². The Hall–Kier alpha value is -1.48. The molecule has 5 nitrogen and oxygen atoms in total. The van der Waals surface area contributed by atoms with Gasteiger partial charge in [0.15, 0.2) is 9.84 Å². The molecule has 0 aliphatic heterocycles. The summed E-state index contributed by atoms with van der Waals surface area (Å²) in [6, 6.07) is 8.45. The highest BCUT2D eigenvalue weighted by atomic mass is 35.5. The van der Waals surface area contributed by atoms with Crippen LogP contribution in [-0.2, 0) is 19.9 Å². The highest BCUT2D eigenvalue weighted by molar-refractivity contribution is 7.90. The number of sulfonamides is 1. The number of hydrogen-bond donors (Lipinski definition) is 0. The van der Waals surface area contributed by atoms with Crippen molar-refractivity contribution >= 4 is 31.5 Å². The van der Waals surface area contributed by atoms with Crippen LogP contribution in [0.5, 0.6) is 0 Å². The van der Waals surface area contributed by atoms with Crippen LogP contribution in [0.25, 0.3) is 0 Å². The largest absolute Gasteiger partial charge is 0.244 e. The Morgan fingerprint density at radius 1 is 1.04 bits per heavy atom. The average Bonchev–Trinajstić information content (AvgIpc) is 2.52. The van der Waals surface area contributed by atoms with Crippen molar-refractivity contribution in [3.63, 3.8) is 0 Å². The van der Waals surface area contributed by atoms with Crippen molar-refractivity contribution in [3.8, 4) is 0 Å². The fourth-order valence-corrected chi connectivity index (χ4v) is 4.74. The van der Waals surface area contributed by atoms with Crippen LogP contribution in [0.2, 0.25) is 5.02 Å². The number of nitrogens with zero attached hydrogens (tertiary/aromatic N) is 1. The highest BCUT2D eigenvalue weighted by Crippen LogP contribution is 2.30. The predicted octanol–water partition coefficient (Wildman–Crippen LogP) is 3.26. The molecule has 0 saturated carbocycles. The smallest absolute Gasteiger partial charge is 0.224 e. The first-order chi connectivity index (χ1) is 11.4. The van der Waals surface area contributed by atoms with Crippen molar-refractivity contribution in [2.75, 3.05) is 13.3 Å². The van der Waals surface area contributed by atoms with Crippen molar-refractivity contribution in [2.24, 2.45) is 0 Å². The molecule has 1 atom stereocenters. The zero-order chi connectivity index (χ0) is 19.0. The van der Waals surface area contributed by atoms with Crippen molar-refractivity contribution in [3.05, 3.63) is 58.9 Å². The van der Waals surface area contributed by atoms with Crippen molar-refractivity contribution in [1.29, 1.82) is 0 Å². The summed E-state index contributed by atoms with van der Waals surface area (Å²) in [4.78, 5) is -0.0480. The molecule has 0 bridgehead atoms. The van der Waals surface area contributed by atoms with Gasteiger partial charge in [-0.1, -0.05) is 23.7 Å². The van der Waals surface area contributed by atoms with Gasteiger partial charge in [-0.05, 0) is 42.8 Å². The quantitative estimate of drug-likeness (QED) is 0.765. The molecule has 0 fully saturated rings. The molecule has 2 aromatic carbocycles. The minimum Gasteiger partial charge on any atom is -0.224 e. The zero-order valence-electron chi connectivity index (χ0n) is 13.8. The van der Waals surface area contributed by atoms with E-state index in [-0.39, 0.29) is 14.8 Å². The summed E-state index contributed by atoms with van der Waals surface area (Å²) in [7, 11) is -5.91. The van der Waals surface area contributed by atoms with Gasteiger partial charge in [0.05, 0.1) is 9.92 Å². The molecule has 136 valence electrons.